The molecule has 84 valence electrons. The molecule has 7 heteroatoms. The van der Waals surface area contributed by atoms with E-state index < -0.39 is 24.4 Å². The molecule has 0 aromatic heterocycles. The summed E-state index contributed by atoms with van der Waals surface area (Å²) in [6.45, 7) is 0.0268. The van der Waals surface area contributed by atoms with Crippen molar-refractivity contribution in [3.63, 3.8) is 0 Å². The molecule has 14 heavy (non-hydrogen) atoms. The van der Waals surface area contributed by atoms with Gasteiger partial charge in [-0.2, -0.15) is 22.0 Å². The second kappa shape index (κ2) is 3.60. The summed E-state index contributed by atoms with van der Waals surface area (Å²) in [6.07, 6.45) is -10.6. The maximum Gasteiger partial charge on any atom is 0.456 e. The first-order valence-electron chi connectivity index (χ1n) is 3.97. The fourth-order valence-electron chi connectivity index (χ4n) is 1.22. The third kappa shape index (κ3) is 1.97. The average Bonchev–Trinajstić information content (AvgIpc) is 2.52. The van der Waals surface area contributed by atoms with Gasteiger partial charge in [0.1, 0.15) is 0 Å². The van der Waals surface area contributed by atoms with Crippen LogP contribution in [0.5, 0.6) is 0 Å². The van der Waals surface area contributed by atoms with Crippen molar-refractivity contribution in [2.75, 3.05) is 6.61 Å². The summed E-state index contributed by atoms with van der Waals surface area (Å²) in [7, 11) is 0. The van der Waals surface area contributed by atoms with Crippen molar-refractivity contribution in [3.05, 3.63) is 0 Å². The molecule has 0 N–H and O–H groups in total. The van der Waals surface area contributed by atoms with Crippen molar-refractivity contribution >= 4 is 0 Å². The van der Waals surface area contributed by atoms with Crippen LogP contribution < -0.4 is 0 Å². The minimum absolute atomic E-state index is 0.0268. The monoisotopic (exact) mass is 222 g/mol. The average molecular weight is 222 g/mol. The minimum atomic E-state index is -5.86. The Labute approximate surface area is 76.0 Å². The van der Waals surface area contributed by atoms with Crippen molar-refractivity contribution in [2.24, 2.45) is 0 Å². The predicted molar refractivity (Wildman–Crippen MR) is 34.9 cm³/mol. The van der Waals surface area contributed by atoms with Crippen molar-refractivity contribution in [1.29, 1.82) is 0 Å². The summed E-state index contributed by atoms with van der Waals surface area (Å²) in [5.41, 5.74) is 0. The van der Waals surface area contributed by atoms with Gasteiger partial charge in [-0.25, -0.2) is 4.39 Å². The highest BCUT2D eigenvalue weighted by Crippen LogP contribution is 2.42. The topological polar surface area (TPSA) is 9.23 Å². The summed E-state index contributed by atoms with van der Waals surface area (Å²) in [6, 6.07) is 0. The van der Waals surface area contributed by atoms with E-state index >= 15 is 0 Å². The summed E-state index contributed by atoms with van der Waals surface area (Å²) in [5, 5.41) is 0. The number of hydrogen-bond donors (Lipinski definition) is 0. The molecule has 0 radical (unpaired) electrons. The zero-order chi connectivity index (χ0) is 11.0. The van der Waals surface area contributed by atoms with Crippen molar-refractivity contribution in [2.45, 2.75) is 37.2 Å². The predicted octanol–water partition coefficient (Wildman–Crippen LogP) is 2.70. The van der Waals surface area contributed by atoms with Crippen LogP contribution in [0, 0.1) is 0 Å². The molecule has 0 aromatic carbocycles. The maximum atomic E-state index is 12.8. The quantitative estimate of drug-likeness (QED) is 0.652. The highest BCUT2D eigenvalue weighted by Gasteiger charge is 2.65. The van der Waals surface area contributed by atoms with Gasteiger partial charge in [0.15, 0.2) is 6.17 Å². The molecule has 0 bridgehead atoms. The molecular weight excluding hydrogens is 214 g/mol. The number of ether oxygens (including phenoxy) is 1. The molecule has 1 aliphatic heterocycles. The molecule has 0 aromatic rings. The first-order valence-corrected chi connectivity index (χ1v) is 3.97. The van der Waals surface area contributed by atoms with E-state index in [9.17, 15) is 26.3 Å². The SMILES string of the molecule is FC(C1CCCO1)C(F)(F)C(F)(F)F. The first-order chi connectivity index (χ1) is 6.27. The van der Waals surface area contributed by atoms with Crippen LogP contribution in [0.25, 0.3) is 0 Å². The molecule has 0 amide bonds. The Bertz CT molecular complexity index is 195. The zero-order valence-corrected chi connectivity index (χ0v) is 6.95. The highest BCUT2D eigenvalue weighted by molar-refractivity contribution is 4.90. The number of hydrogen-bond acceptors (Lipinski definition) is 1. The largest absolute Gasteiger partial charge is 0.456 e. The van der Waals surface area contributed by atoms with Crippen LogP contribution in [-0.2, 0) is 4.74 Å². The summed E-state index contributed by atoms with van der Waals surface area (Å²) in [5.74, 6) is -5.33. The minimum Gasteiger partial charge on any atom is -0.375 e. The maximum absolute atomic E-state index is 12.8. The van der Waals surface area contributed by atoms with Crippen LogP contribution in [-0.4, -0.2) is 31.0 Å². The van der Waals surface area contributed by atoms with E-state index in [4.69, 9.17) is 0 Å². The fourth-order valence-corrected chi connectivity index (χ4v) is 1.22. The van der Waals surface area contributed by atoms with Crippen molar-refractivity contribution < 1.29 is 31.1 Å². The molecule has 1 heterocycles. The first kappa shape index (κ1) is 11.6. The lowest BCUT2D eigenvalue weighted by atomic mass is 10.1. The van der Waals surface area contributed by atoms with Crippen LogP contribution in [0.3, 0.4) is 0 Å². The second-order valence-electron chi connectivity index (χ2n) is 3.07. The molecule has 2 unspecified atom stereocenters. The molecule has 0 spiro atoms. The van der Waals surface area contributed by atoms with Gasteiger partial charge in [-0.15, -0.1) is 0 Å². The Morgan fingerprint density at radius 2 is 1.71 bits per heavy atom. The summed E-state index contributed by atoms with van der Waals surface area (Å²) >= 11 is 0. The van der Waals surface area contributed by atoms with E-state index in [0.717, 1.165) is 0 Å². The molecule has 2 atom stereocenters. The molecule has 0 aliphatic carbocycles. The molecular formula is C7H8F6O. The zero-order valence-electron chi connectivity index (χ0n) is 6.95. The van der Waals surface area contributed by atoms with Crippen LogP contribution in [0.4, 0.5) is 26.3 Å². The smallest absolute Gasteiger partial charge is 0.375 e. The molecule has 1 aliphatic rings. The third-order valence-corrected chi connectivity index (χ3v) is 2.02. The van der Waals surface area contributed by atoms with Gasteiger partial charge in [0.25, 0.3) is 0 Å². The van der Waals surface area contributed by atoms with E-state index in [1.54, 1.807) is 0 Å². The van der Waals surface area contributed by atoms with Gasteiger partial charge in [0.2, 0.25) is 0 Å². The molecule has 1 rings (SSSR count). The Balaban J connectivity index is 2.70. The van der Waals surface area contributed by atoms with E-state index in [1.165, 1.54) is 0 Å². The van der Waals surface area contributed by atoms with Gasteiger partial charge in [0.05, 0.1) is 6.10 Å². The van der Waals surface area contributed by atoms with Crippen molar-refractivity contribution in [3.8, 4) is 0 Å². The Kier molecular flexibility index (Phi) is 2.99. The molecule has 1 nitrogen and oxygen atoms in total. The van der Waals surface area contributed by atoms with Gasteiger partial charge < -0.3 is 4.74 Å². The normalized spacial score (nSPS) is 26.6. The van der Waals surface area contributed by atoms with E-state index in [-0.39, 0.29) is 13.0 Å². The summed E-state index contributed by atoms with van der Waals surface area (Å²) < 4.78 is 77.1. The Hall–Kier alpha value is -0.460. The number of rotatable bonds is 2. The fraction of sp³-hybridized carbons (Fsp3) is 1.00. The van der Waals surface area contributed by atoms with Gasteiger partial charge in [-0.1, -0.05) is 0 Å². The van der Waals surface area contributed by atoms with E-state index in [1.807, 2.05) is 0 Å². The van der Waals surface area contributed by atoms with E-state index in [0.29, 0.717) is 6.42 Å². The van der Waals surface area contributed by atoms with Gasteiger partial charge >= 0.3 is 12.1 Å². The van der Waals surface area contributed by atoms with Gasteiger partial charge in [-0.3, -0.25) is 0 Å². The standard InChI is InChI=1S/C7H8F6O/c8-5(4-2-1-3-14-4)6(9,10)7(11,12)13/h4-5H,1-3H2. The third-order valence-electron chi connectivity index (χ3n) is 2.02. The highest BCUT2D eigenvalue weighted by atomic mass is 19.4. The lowest BCUT2D eigenvalue weighted by molar-refractivity contribution is -0.312. The second-order valence-corrected chi connectivity index (χ2v) is 3.07. The van der Waals surface area contributed by atoms with Crippen LogP contribution in [0.15, 0.2) is 0 Å². The van der Waals surface area contributed by atoms with Crippen LogP contribution in [0.1, 0.15) is 12.8 Å². The summed E-state index contributed by atoms with van der Waals surface area (Å²) in [4.78, 5) is 0. The Morgan fingerprint density at radius 3 is 2.07 bits per heavy atom. The molecule has 1 saturated heterocycles. The van der Waals surface area contributed by atoms with Gasteiger partial charge in [-0.05, 0) is 12.8 Å². The molecule has 1 fully saturated rings. The van der Waals surface area contributed by atoms with Gasteiger partial charge in [0, 0.05) is 6.61 Å². The number of halogens is 6. The lowest BCUT2D eigenvalue weighted by Crippen LogP contribution is -2.49. The van der Waals surface area contributed by atoms with Crippen LogP contribution in [0.2, 0.25) is 0 Å². The Morgan fingerprint density at radius 1 is 1.14 bits per heavy atom. The van der Waals surface area contributed by atoms with E-state index in [2.05, 4.69) is 4.74 Å². The lowest BCUT2D eigenvalue weighted by Gasteiger charge is -2.26. The van der Waals surface area contributed by atoms with Crippen LogP contribution >= 0.6 is 0 Å². The van der Waals surface area contributed by atoms with Crippen molar-refractivity contribution in [1.82, 2.24) is 0 Å². The molecule has 0 saturated carbocycles. The number of alkyl halides is 6.